The standard InChI is InChI=1S/C22H26O4/c23-19(16-17-8-4-3-5-9-17)14-12-18-13-15-21(24)20(18)10-6-1-2-7-11-22(25)26/h1,3-5,7-9,13,19-20,23H,6,10-12,14-16H2,(H,25,26)/t2?,19-,20+/m0/s1. The van der Waals surface area contributed by atoms with Crippen LogP contribution in [0.5, 0.6) is 0 Å². The number of carboxylic acids is 1. The van der Waals surface area contributed by atoms with Gasteiger partial charge in [-0.3, -0.25) is 9.59 Å². The van der Waals surface area contributed by atoms with Crippen LogP contribution in [0.4, 0.5) is 0 Å². The number of Topliss-reactive ketones (excluding diaryl/α,β-unsaturated/α-hetero) is 1. The van der Waals surface area contributed by atoms with Gasteiger partial charge < -0.3 is 10.2 Å². The Morgan fingerprint density at radius 1 is 1.27 bits per heavy atom. The minimum Gasteiger partial charge on any atom is -0.481 e. The molecule has 0 amide bonds. The minimum atomic E-state index is -0.879. The van der Waals surface area contributed by atoms with Gasteiger partial charge in [0.25, 0.3) is 0 Å². The highest BCUT2D eigenvalue weighted by atomic mass is 16.4. The Bertz CT molecular complexity index is 696. The third kappa shape index (κ3) is 6.83. The molecule has 4 nitrogen and oxygen atoms in total. The molecule has 0 heterocycles. The SMILES string of the molecule is O=C(O)CC=C=CCC[C@H]1C(=O)CC=C1CC[C@H](O)Cc1ccccc1. The summed E-state index contributed by atoms with van der Waals surface area (Å²) in [7, 11) is 0. The van der Waals surface area contributed by atoms with Crippen molar-refractivity contribution in [3.8, 4) is 0 Å². The topological polar surface area (TPSA) is 74.6 Å². The summed E-state index contributed by atoms with van der Waals surface area (Å²) in [4.78, 5) is 22.5. The number of carboxylic acid groups (broad SMARTS) is 1. The van der Waals surface area contributed by atoms with Crippen molar-refractivity contribution in [2.75, 3.05) is 0 Å². The average Bonchev–Trinajstić information content (AvgIpc) is 2.97. The molecule has 0 bridgehead atoms. The largest absolute Gasteiger partial charge is 0.481 e. The zero-order valence-corrected chi connectivity index (χ0v) is 14.9. The molecule has 1 aliphatic rings. The van der Waals surface area contributed by atoms with Gasteiger partial charge in [0.1, 0.15) is 5.78 Å². The molecule has 2 rings (SSSR count). The summed E-state index contributed by atoms with van der Waals surface area (Å²) < 4.78 is 0. The van der Waals surface area contributed by atoms with E-state index in [4.69, 9.17) is 5.11 Å². The summed E-state index contributed by atoms with van der Waals surface area (Å²) in [6.45, 7) is 0. The van der Waals surface area contributed by atoms with E-state index in [-0.39, 0.29) is 18.1 Å². The first kappa shape index (κ1) is 19.9. The Kier molecular flexibility index (Phi) is 8.07. The molecule has 0 fully saturated rings. The predicted molar refractivity (Wildman–Crippen MR) is 101 cm³/mol. The monoisotopic (exact) mass is 354 g/mol. The molecule has 0 radical (unpaired) electrons. The fourth-order valence-electron chi connectivity index (χ4n) is 3.23. The third-order valence-electron chi connectivity index (χ3n) is 4.59. The molecule has 0 spiro atoms. The molecule has 138 valence electrons. The number of aliphatic hydroxyl groups is 1. The number of aliphatic hydroxyl groups excluding tert-OH is 1. The molecular formula is C22H26O4. The van der Waals surface area contributed by atoms with E-state index in [9.17, 15) is 14.7 Å². The molecule has 0 aromatic heterocycles. The van der Waals surface area contributed by atoms with Crippen molar-refractivity contribution in [1.82, 2.24) is 0 Å². The van der Waals surface area contributed by atoms with Crippen LogP contribution < -0.4 is 0 Å². The van der Waals surface area contributed by atoms with Crippen molar-refractivity contribution >= 4 is 11.8 Å². The first-order chi connectivity index (χ1) is 12.6. The lowest BCUT2D eigenvalue weighted by Crippen LogP contribution is -2.14. The van der Waals surface area contributed by atoms with Gasteiger partial charge in [-0.25, -0.2) is 0 Å². The van der Waals surface area contributed by atoms with Crippen LogP contribution in [0.1, 0.15) is 44.1 Å². The molecule has 1 aliphatic carbocycles. The molecule has 0 saturated heterocycles. The quantitative estimate of drug-likeness (QED) is 0.494. The highest BCUT2D eigenvalue weighted by Gasteiger charge is 2.26. The smallest absolute Gasteiger partial charge is 0.307 e. The Morgan fingerprint density at radius 2 is 2.04 bits per heavy atom. The number of benzene rings is 1. The molecule has 4 heteroatoms. The molecule has 1 aromatic rings. The van der Waals surface area contributed by atoms with Crippen molar-refractivity contribution in [3.05, 3.63) is 65.4 Å². The predicted octanol–water partition coefficient (Wildman–Crippen LogP) is 3.85. The highest BCUT2D eigenvalue weighted by molar-refractivity contribution is 5.88. The lowest BCUT2D eigenvalue weighted by atomic mass is 9.90. The average molecular weight is 354 g/mol. The van der Waals surface area contributed by atoms with Crippen LogP contribution in [-0.4, -0.2) is 28.1 Å². The van der Waals surface area contributed by atoms with Gasteiger partial charge >= 0.3 is 5.97 Å². The molecule has 0 aliphatic heterocycles. The summed E-state index contributed by atoms with van der Waals surface area (Å²) in [6.07, 6.45) is 8.73. The van der Waals surface area contributed by atoms with E-state index in [0.717, 1.165) is 17.6 Å². The second kappa shape index (κ2) is 10.5. The molecule has 0 unspecified atom stereocenters. The first-order valence-corrected chi connectivity index (χ1v) is 9.11. The summed E-state index contributed by atoms with van der Waals surface area (Å²) in [5.41, 5.74) is 5.09. The van der Waals surface area contributed by atoms with Gasteiger partial charge in [0, 0.05) is 12.3 Å². The normalized spacial score (nSPS) is 17.3. The number of carbonyl (C=O) groups excluding carboxylic acids is 1. The fourth-order valence-corrected chi connectivity index (χ4v) is 3.23. The Hall–Kier alpha value is -2.42. The van der Waals surface area contributed by atoms with Crippen molar-refractivity contribution in [2.45, 2.75) is 51.0 Å². The second-order valence-corrected chi connectivity index (χ2v) is 6.63. The molecular weight excluding hydrogens is 328 g/mol. The van der Waals surface area contributed by atoms with Gasteiger partial charge in [0.05, 0.1) is 12.5 Å². The number of hydrogen-bond donors (Lipinski definition) is 2. The summed E-state index contributed by atoms with van der Waals surface area (Å²) >= 11 is 0. The van der Waals surface area contributed by atoms with E-state index in [2.05, 4.69) is 5.73 Å². The van der Waals surface area contributed by atoms with Gasteiger partial charge in [0.2, 0.25) is 0 Å². The van der Waals surface area contributed by atoms with E-state index < -0.39 is 12.1 Å². The fraction of sp³-hybridized carbons (Fsp3) is 0.409. The molecule has 0 saturated carbocycles. The number of hydrogen-bond acceptors (Lipinski definition) is 3. The van der Waals surface area contributed by atoms with Crippen LogP contribution in [0.3, 0.4) is 0 Å². The van der Waals surface area contributed by atoms with Crippen molar-refractivity contribution in [3.63, 3.8) is 0 Å². The highest BCUT2D eigenvalue weighted by Crippen LogP contribution is 2.30. The van der Waals surface area contributed by atoms with Gasteiger partial charge in [-0.2, -0.15) is 0 Å². The number of aliphatic carboxylic acids is 1. The number of carbonyl (C=O) groups is 2. The van der Waals surface area contributed by atoms with Crippen molar-refractivity contribution in [1.29, 1.82) is 0 Å². The van der Waals surface area contributed by atoms with E-state index in [1.807, 2.05) is 36.4 Å². The lowest BCUT2D eigenvalue weighted by molar-refractivity contribution is -0.136. The maximum absolute atomic E-state index is 12.1. The van der Waals surface area contributed by atoms with Gasteiger partial charge in [-0.05, 0) is 49.8 Å². The van der Waals surface area contributed by atoms with Crippen LogP contribution in [0.15, 0.2) is 59.9 Å². The van der Waals surface area contributed by atoms with Crippen LogP contribution in [0.25, 0.3) is 0 Å². The maximum Gasteiger partial charge on any atom is 0.307 e. The first-order valence-electron chi connectivity index (χ1n) is 9.11. The minimum absolute atomic E-state index is 0.0384. The zero-order valence-electron chi connectivity index (χ0n) is 14.9. The molecule has 2 N–H and O–H groups in total. The van der Waals surface area contributed by atoms with E-state index >= 15 is 0 Å². The van der Waals surface area contributed by atoms with Crippen molar-refractivity contribution in [2.24, 2.45) is 5.92 Å². The van der Waals surface area contributed by atoms with Crippen LogP contribution in [0, 0.1) is 5.92 Å². The summed E-state index contributed by atoms with van der Waals surface area (Å²) in [5, 5.41) is 18.8. The Morgan fingerprint density at radius 3 is 2.77 bits per heavy atom. The summed E-state index contributed by atoms with van der Waals surface area (Å²) in [5.74, 6) is -0.715. The van der Waals surface area contributed by atoms with Crippen LogP contribution in [-0.2, 0) is 16.0 Å². The lowest BCUT2D eigenvalue weighted by Gasteiger charge is -2.15. The van der Waals surface area contributed by atoms with Crippen molar-refractivity contribution < 1.29 is 19.8 Å². The van der Waals surface area contributed by atoms with Gasteiger partial charge in [0.15, 0.2) is 0 Å². The maximum atomic E-state index is 12.1. The van der Waals surface area contributed by atoms with Gasteiger partial charge in [-0.1, -0.05) is 42.0 Å². The molecule has 26 heavy (non-hydrogen) atoms. The number of allylic oxidation sites excluding steroid dienone is 2. The van der Waals surface area contributed by atoms with E-state index in [1.54, 1.807) is 6.08 Å². The molecule has 1 aromatic carbocycles. The van der Waals surface area contributed by atoms with E-state index in [0.29, 0.717) is 32.1 Å². The second-order valence-electron chi connectivity index (χ2n) is 6.63. The molecule has 2 atom stereocenters. The third-order valence-corrected chi connectivity index (χ3v) is 4.59. The Balaban J connectivity index is 1.77. The number of ketones is 1. The summed E-state index contributed by atoms with van der Waals surface area (Å²) in [6, 6.07) is 9.91. The van der Waals surface area contributed by atoms with Gasteiger partial charge in [-0.15, -0.1) is 5.73 Å². The number of rotatable bonds is 10. The van der Waals surface area contributed by atoms with E-state index in [1.165, 1.54) is 6.08 Å². The van der Waals surface area contributed by atoms with Crippen LogP contribution >= 0.6 is 0 Å². The Labute approximate surface area is 154 Å². The zero-order chi connectivity index (χ0) is 18.8. The van der Waals surface area contributed by atoms with Crippen LogP contribution in [0.2, 0.25) is 0 Å².